The van der Waals surface area contributed by atoms with Crippen molar-refractivity contribution < 1.29 is 0 Å². The Morgan fingerprint density at radius 1 is 0.240 bits per heavy atom. The van der Waals surface area contributed by atoms with Crippen LogP contribution in [0.4, 0.5) is 0 Å². The highest BCUT2D eigenvalue weighted by Crippen LogP contribution is 2.39. The quantitative estimate of drug-likeness (QED) is 0.182. The van der Waals surface area contributed by atoms with Crippen molar-refractivity contribution in [1.29, 1.82) is 0 Å². The van der Waals surface area contributed by atoms with E-state index in [0.717, 1.165) is 33.2 Å². The van der Waals surface area contributed by atoms with Crippen molar-refractivity contribution >= 4 is 21.5 Å². The minimum atomic E-state index is 0.637. The zero-order valence-electron chi connectivity index (χ0n) is 27.2. The third-order valence-corrected chi connectivity index (χ3v) is 9.31. The fraction of sp³-hybridized carbons (Fsp3) is 0. The molecule has 0 saturated carbocycles. The Kier molecular flexibility index (Phi) is 7.49. The van der Waals surface area contributed by atoms with Gasteiger partial charge in [-0.25, -0.2) is 15.0 Å². The second-order valence-corrected chi connectivity index (χ2v) is 12.5. The molecule has 3 nitrogen and oxygen atoms in total. The maximum atomic E-state index is 5.08. The van der Waals surface area contributed by atoms with E-state index in [-0.39, 0.29) is 0 Å². The van der Waals surface area contributed by atoms with Crippen LogP contribution in [-0.4, -0.2) is 15.0 Å². The Morgan fingerprint density at radius 2 is 0.760 bits per heavy atom. The van der Waals surface area contributed by atoms with E-state index in [1.165, 1.54) is 38.4 Å². The first-order valence-electron chi connectivity index (χ1n) is 16.9. The van der Waals surface area contributed by atoms with Crippen LogP contribution < -0.4 is 0 Å². The molecular weight excluding hydrogens is 607 g/mol. The summed E-state index contributed by atoms with van der Waals surface area (Å²) in [5.41, 5.74) is 9.83. The van der Waals surface area contributed by atoms with Crippen molar-refractivity contribution in [3.63, 3.8) is 0 Å². The second kappa shape index (κ2) is 12.7. The Hall–Kier alpha value is -6.71. The standard InChI is InChI=1S/C47H31N3/c1-3-14-34(15-4-1)44-31-38(42-24-12-20-33-16-9-10-23-41(33)42)27-28-43(44)37-21-11-22-39(30-37)46-48-45(35-17-5-2-6-18-35)49-47(50-46)40-26-25-32-13-7-8-19-36(32)29-40/h1-31H. The first-order chi connectivity index (χ1) is 24.8. The number of hydrogen-bond donors (Lipinski definition) is 0. The average Bonchev–Trinajstić information content (AvgIpc) is 3.21. The molecule has 9 aromatic rings. The van der Waals surface area contributed by atoms with Gasteiger partial charge in [0.05, 0.1) is 0 Å². The molecule has 0 fully saturated rings. The summed E-state index contributed by atoms with van der Waals surface area (Å²) < 4.78 is 0. The van der Waals surface area contributed by atoms with Gasteiger partial charge in [-0.1, -0.05) is 170 Å². The maximum Gasteiger partial charge on any atom is 0.164 e. The van der Waals surface area contributed by atoms with Crippen LogP contribution >= 0.6 is 0 Å². The zero-order valence-corrected chi connectivity index (χ0v) is 27.2. The van der Waals surface area contributed by atoms with E-state index in [0.29, 0.717) is 17.5 Å². The summed E-state index contributed by atoms with van der Waals surface area (Å²) >= 11 is 0. The first kappa shape index (κ1) is 29.4. The molecule has 1 aromatic heterocycles. The molecule has 0 saturated heterocycles. The molecule has 0 amide bonds. The molecule has 0 atom stereocenters. The number of aromatic nitrogens is 3. The normalized spacial score (nSPS) is 11.2. The highest BCUT2D eigenvalue weighted by atomic mass is 15.0. The van der Waals surface area contributed by atoms with Gasteiger partial charge in [-0.15, -0.1) is 0 Å². The summed E-state index contributed by atoms with van der Waals surface area (Å²) in [7, 11) is 0. The SMILES string of the molecule is c1ccc(-c2nc(-c3cccc(-c4ccc(-c5cccc6ccccc56)cc4-c4ccccc4)c3)nc(-c3ccc4ccccc4c3)n2)cc1. The molecule has 0 radical (unpaired) electrons. The van der Waals surface area contributed by atoms with Gasteiger partial charge in [0.25, 0.3) is 0 Å². The fourth-order valence-corrected chi connectivity index (χ4v) is 6.80. The van der Waals surface area contributed by atoms with E-state index in [4.69, 9.17) is 15.0 Å². The third kappa shape index (κ3) is 5.61. The van der Waals surface area contributed by atoms with Gasteiger partial charge in [-0.3, -0.25) is 0 Å². The minimum absolute atomic E-state index is 0.637. The summed E-state index contributed by atoms with van der Waals surface area (Å²) in [5, 5.41) is 4.81. The van der Waals surface area contributed by atoms with Crippen molar-refractivity contribution in [2.45, 2.75) is 0 Å². The predicted octanol–water partition coefficient (Wildman–Crippen LogP) is 12.2. The van der Waals surface area contributed by atoms with Crippen molar-refractivity contribution in [2.75, 3.05) is 0 Å². The van der Waals surface area contributed by atoms with Crippen molar-refractivity contribution in [3.05, 3.63) is 188 Å². The maximum absolute atomic E-state index is 5.08. The average molecular weight is 638 g/mol. The Bertz CT molecular complexity index is 2640. The topological polar surface area (TPSA) is 38.7 Å². The van der Waals surface area contributed by atoms with E-state index >= 15 is 0 Å². The molecule has 0 unspecified atom stereocenters. The molecule has 0 aliphatic heterocycles. The van der Waals surface area contributed by atoms with Crippen molar-refractivity contribution in [1.82, 2.24) is 15.0 Å². The molecule has 0 aliphatic rings. The van der Waals surface area contributed by atoms with Crippen LogP contribution in [0.15, 0.2) is 188 Å². The highest BCUT2D eigenvalue weighted by Gasteiger charge is 2.16. The summed E-state index contributed by atoms with van der Waals surface area (Å²) in [6, 6.07) is 66.0. The fourth-order valence-electron chi connectivity index (χ4n) is 6.80. The van der Waals surface area contributed by atoms with Crippen molar-refractivity contribution in [2.24, 2.45) is 0 Å². The van der Waals surface area contributed by atoms with Gasteiger partial charge >= 0.3 is 0 Å². The number of hydrogen-bond acceptors (Lipinski definition) is 3. The Labute approximate surface area is 291 Å². The van der Waals surface area contributed by atoms with E-state index in [1.54, 1.807) is 0 Å². The second-order valence-electron chi connectivity index (χ2n) is 12.5. The molecular formula is C47H31N3. The summed E-state index contributed by atoms with van der Waals surface area (Å²) in [5.74, 6) is 1.93. The third-order valence-electron chi connectivity index (χ3n) is 9.31. The largest absolute Gasteiger partial charge is 0.208 e. The van der Waals surface area contributed by atoms with Crippen LogP contribution in [-0.2, 0) is 0 Å². The molecule has 9 rings (SSSR count). The summed E-state index contributed by atoms with van der Waals surface area (Å²) in [6.07, 6.45) is 0. The number of rotatable bonds is 6. The van der Waals surface area contributed by atoms with E-state index in [2.05, 4.69) is 158 Å². The molecule has 0 bridgehead atoms. The number of benzene rings is 8. The van der Waals surface area contributed by atoms with Gasteiger partial charge < -0.3 is 0 Å². The number of fused-ring (bicyclic) bond motifs is 2. The lowest BCUT2D eigenvalue weighted by molar-refractivity contribution is 1.07. The highest BCUT2D eigenvalue weighted by molar-refractivity contribution is 5.98. The van der Waals surface area contributed by atoms with Crippen LogP contribution in [0.5, 0.6) is 0 Å². The zero-order chi connectivity index (χ0) is 33.3. The molecule has 50 heavy (non-hydrogen) atoms. The van der Waals surface area contributed by atoms with E-state index in [9.17, 15) is 0 Å². The van der Waals surface area contributed by atoms with Crippen molar-refractivity contribution in [3.8, 4) is 67.5 Å². The molecule has 1 heterocycles. The lowest BCUT2D eigenvalue weighted by atomic mass is 9.89. The van der Waals surface area contributed by atoms with E-state index in [1.807, 2.05) is 30.3 Å². The Balaban J connectivity index is 1.19. The minimum Gasteiger partial charge on any atom is -0.208 e. The number of nitrogens with zero attached hydrogens (tertiary/aromatic N) is 3. The molecule has 0 spiro atoms. The monoisotopic (exact) mass is 637 g/mol. The van der Waals surface area contributed by atoms with Gasteiger partial charge in [0.15, 0.2) is 17.5 Å². The first-order valence-corrected chi connectivity index (χ1v) is 16.9. The summed E-state index contributed by atoms with van der Waals surface area (Å²) in [4.78, 5) is 15.1. The smallest absolute Gasteiger partial charge is 0.164 e. The van der Waals surface area contributed by atoms with Crippen LogP contribution in [0.1, 0.15) is 0 Å². The summed E-state index contributed by atoms with van der Waals surface area (Å²) in [6.45, 7) is 0. The van der Waals surface area contributed by atoms with E-state index < -0.39 is 0 Å². The van der Waals surface area contributed by atoms with Crippen LogP contribution in [0, 0.1) is 0 Å². The van der Waals surface area contributed by atoms with Crippen LogP contribution in [0.2, 0.25) is 0 Å². The van der Waals surface area contributed by atoms with Crippen LogP contribution in [0.25, 0.3) is 89.1 Å². The predicted molar refractivity (Wildman–Crippen MR) is 207 cm³/mol. The van der Waals surface area contributed by atoms with Gasteiger partial charge in [-0.2, -0.15) is 0 Å². The Morgan fingerprint density at radius 3 is 1.54 bits per heavy atom. The van der Waals surface area contributed by atoms with Gasteiger partial charge in [-0.05, 0) is 73.1 Å². The lowest BCUT2D eigenvalue weighted by Crippen LogP contribution is -2.00. The molecule has 0 aliphatic carbocycles. The van der Waals surface area contributed by atoms with Gasteiger partial charge in [0.1, 0.15) is 0 Å². The van der Waals surface area contributed by atoms with Crippen LogP contribution in [0.3, 0.4) is 0 Å². The molecule has 8 aromatic carbocycles. The van der Waals surface area contributed by atoms with Gasteiger partial charge in [0.2, 0.25) is 0 Å². The van der Waals surface area contributed by atoms with Gasteiger partial charge in [0, 0.05) is 16.7 Å². The molecule has 0 N–H and O–H groups in total. The molecule has 3 heteroatoms. The lowest BCUT2D eigenvalue weighted by Gasteiger charge is -2.15. The molecule has 234 valence electrons.